The molecular weight excluding hydrogens is 328 g/mol. The van der Waals surface area contributed by atoms with Gasteiger partial charge in [0.15, 0.2) is 0 Å². The lowest BCUT2D eigenvalue weighted by atomic mass is 9.44. The van der Waals surface area contributed by atoms with Crippen molar-refractivity contribution in [3.8, 4) is 0 Å². The average Bonchev–Trinajstić information content (AvgIpc) is 2.90. The zero-order valence-corrected chi connectivity index (χ0v) is 16.4. The highest BCUT2D eigenvalue weighted by Crippen LogP contribution is 2.67. The maximum Gasteiger partial charge on any atom is 0.306 e. The van der Waals surface area contributed by atoms with Crippen LogP contribution in [0.15, 0.2) is 0 Å². The molecule has 0 spiro atoms. The van der Waals surface area contributed by atoms with E-state index in [2.05, 4.69) is 13.8 Å². The minimum Gasteiger partial charge on any atom is -0.481 e. The van der Waals surface area contributed by atoms with Gasteiger partial charge in [-0.2, -0.15) is 0 Å². The fourth-order valence-corrected chi connectivity index (χ4v) is 8.08. The lowest BCUT2D eigenvalue weighted by Crippen LogP contribution is -2.58. The fraction of sp³-hybridized carbons (Fsp3) is 0.909. The Kier molecular flexibility index (Phi) is 4.30. The molecular formula is C22H34O4. The maximum atomic E-state index is 13.4. The van der Waals surface area contributed by atoms with E-state index in [1.165, 1.54) is 0 Å². The molecule has 0 aromatic rings. The van der Waals surface area contributed by atoms with E-state index in [-0.39, 0.29) is 34.7 Å². The summed E-state index contributed by atoms with van der Waals surface area (Å²) >= 11 is 0. The third-order valence-electron chi connectivity index (χ3n) is 9.39. The van der Waals surface area contributed by atoms with Gasteiger partial charge in [0.25, 0.3) is 0 Å². The molecule has 4 fully saturated rings. The lowest BCUT2D eigenvalue weighted by Gasteiger charge is -2.60. The number of carbonyl (C=O) groups excluding carboxylic acids is 1. The first-order valence-corrected chi connectivity index (χ1v) is 10.6. The average molecular weight is 363 g/mol. The van der Waals surface area contributed by atoms with Crippen molar-refractivity contribution in [3.05, 3.63) is 0 Å². The van der Waals surface area contributed by atoms with E-state index in [0.717, 1.165) is 44.9 Å². The Bertz CT molecular complexity index is 615. The van der Waals surface area contributed by atoms with Crippen LogP contribution in [0, 0.1) is 46.3 Å². The standard InChI is InChI=1S/C22H34O4/c1-12(20(25)26)16-6-7-17-15-5-4-13-10-14(23)8-9-21(13,2)19(15)18(24)11-22(16,17)3/h12-17,19,23H,4-11H2,1-3H3,(H,25,26)/t12-,13+,14+,15-,16-,17+,19+,21-,22+/m0/s1. The van der Waals surface area contributed by atoms with Gasteiger partial charge in [-0.3, -0.25) is 9.59 Å². The van der Waals surface area contributed by atoms with E-state index in [1.807, 2.05) is 6.92 Å². The van der Waals surface area contributed by atoms with Gasteiger partial charge in [0.05, 0.1) is 12.0 Å². The summed E-state index contributed by atoms with van der Waals surface area (Å²) in [6.07, 6.45) is 7.24. The van der Waals surface area contributed by atoms with Crippen molar-refractivity contribution in [3.63, 3.8) is 0 Å². The Balaban J connectivity index is 1.65. The number of carboxylic acids is 1. The number of carboxylic acid groups (broad SMARTS) is 1. The summed E-state index contributed by atoms with van der Waals surface area (Å²) in [6, 6.07) is 0. The number of hydrogen-bond acceptors (Lipinski definition) is 3. The van der Waals surface area contributed by atoms with E-state index in [4.69, 9.17) is 0 Å². The van der Waals surface area contributed by atoms with Crippen LogP contribution in [-0.2, 0) is 9.59 Å². The van der Waals surface area contributed by atoms with Gasteiger partial charge in [-0.25, -0.2) is 0 Å². The van der Waals surface area contributed by atoms with Crippen molar-refractivity contribution in [2.75, 3.05) is 0 Å². The lowest BCUT2D eigenvalue weighted by molar-refractivity contribution is -0.165. The zero-order valence-electron chi connectivity index (χ0n) is 16.4. The zero-order chi connectivity index (χ0) is 18.9. The van der Waals surface area contributed by atoms with E-state index < -0.39 is 5.97 Å². The molecule has 146 valence electrons. The van der Waals surface area contributed by atoms with Crippen LogP contribution in [0.5, 0.6) is 0 Å². The Morgan fingerprint density at radius 1 is 1.12 bits per heavy atom. The topological polar surface area (TPSA) is 74.6 Å². The Hall–Kier alpha value is -0.900. The van der Waals surface area contributed by atoms with Crippen LogP contribution >= 0.6 is 0 Å². The SMILES string of the molecule is C[C@H](C(=O)O)[C@@H]1CC[C@@H]2[C@@H]3CC[C@@H]4C[C@H](O)CC[C@]4(C)[C@H]3C(=O)C[C@@]21C. The van der Waals surface area contributed by atoms with E-state index in [1.54, 1.807) is 0 Å². The molecule has 4 rings (SSSR count). The van der Waals surface area contributed by atoms with E-state index in [9.17, 15) is 19.8 Å². The first-order valence-electron chi connectivity index (χ1n) is 10.6. The summed E-state index contributed by atoms with van der Waals surface area (Å²) in [5, 5.41) is 19.7. The minimum atomic E-state index is -0.719. The quantitative estimate of drug-likeness (QED) is 0.781. The Labute approximate surface area is 156 Å². The number of rotatable bonds is 2. The van der Waals surface area contributed by atoms with Gasteiger partial charge >= 0.3 is 5.97 Å². The smallest absolute Gasteiger partial charge is 0.306 e. The Morgan fingerprint density at radius 3 is 2.54 bits per heavy atom. The van der Waals surface area contributed by atoms with Crippen LogP contribution in [0.25, 0.3) is 0 Å². The number of fused-ring (bicyclic) bond motifs is 5. The molecule has 0 aromatic heterocycles. The fourth-order valence-electron chi connectivity index (χ4n) is 8.08. The molecule has 4 aliphatic carbocycles. The van der Waals surface area contributed by atoms with Gasteiger partial charge in [0, 0.05) is 12.3 Å². The second-order valence-corrected chi connectivity index (χ2v) is 10.4. The summed E-state index contributed by atoms with van der Waals surface area (Å²) in [4.78, 5) is 25.1. The third kappa shape index (κ3) is 2.43. The molecule has 0 aromatic carbocycles. The summed E-state index contributed by atoms with van der Waals surface area (Å²) in [5.74, 6) is 0.928. The molecule has 0 radical (unpaired) electrons. The molecule has 4 nitrogen and oxygen atoms in total. The highest BCUT2D eigenvalue weighted by atomic mass is 16.4. The van der Waals surface area contributed by atoms with Gasteiger partial charge in [-0.15, -0.1) is 0 Å². The first-order chi connectivity index (χ1) is 12.2. The molecule has 4 aliphatic rings. The second kappa shape index (κ2) is 6.05. The molecule has 4 heteroatoms. The summed E-state index contributed by atoms with van der Waals surface area (Å²) in [7, 11) is 0. The summed E-state index contributed by atoms with van der Waals surface area (Å²) in [5.41, 5.74) is -0.107. The van der Waals surface area contributed by atoms with Crippen LogP contribution in [0.2, 0.25) is 0 Å². The second-order valence-electron chi connectivity index (χ2n) is 10.4. The highest BCUT2D eigenvalue weighted by molar-refractivity contribution is 5.84. The largest absolute Gasteiger partial charge is 0.481 e. The van der Waals surface area contributed by atoms with Crippen molar-refractivity contribution in [1.29, 1.82) is 0 Å². The molecule has 0 bridgehead atoms. The van der Waals surface area contributed by atoms with Gasteiger partial charge in [-0.1, -0.05) is 20.8 Å². The molecule has 0 saturated heterocycles. The van der Waals surface area contributed by atoms with Crippen LogP contribution < -0.4 is 0 Å². The van der Waals surface area contributed by atoms with E-state index in [0.29, 0.717) is 30.0 Å². The van der Waals surface area contributed by atoms with E-state index >= 15 is 0 Å². The molecule has 0 aliphatic heterocycles. The van der Waals surface area contributed by atoms with Crippen molar-refractivity contribution >= 4 is 11.8 Å². The molecule has 0 amide bonds. The van der Waals surface area contributed by atoms with Crippen molar-refractivity contribution in [1.82, 2.24) is 0 Å². The predicted octanol–water partition coefficient (Wildman–Crippen LogP) is 3.91. The van der Waals surface area contributed by atoms with Gasteiger partial charge in [0.2, 0.25) is 0 Å². The normalized spacial score (nSPS) is 51.9. The van der Waals surface area contributed by atoms with Crippen molar-refractivity contribution in [2.45, 2.75) is 78.2 Å². The number of aliphatic hydroxyl groups is 1. The van der Waals surface area contributed by atoms with Gasteiger partial charge < -0.3 is 10.2 Å². The van der Waals surface area contributed by atoms with Crippen molar-refractivity contribution in [2.24, 2.45) is 46.3 Å². The molecule has 4 saturated carbocycles. The number of carbonyl (C=O) groups is 2. The molecule has 26 heavy (non-hydrogen) atoms. The van der Waals surface area contributed by atoms with Crippen LogP contribution in [-0.4, -0.2) is 28.1 Å². The summed E-state index contributed by atoms with van der Waals surface area (Å²) < 4.78 is 0. The molecule has 0 unspecified atom stereocenters. The number of Topliss-reactive ketones (excluding diaryl/α,β-unsaturated/α-hetero) is 1. The molecule has 9 atom stereocenters. The molecule has 2 N–H and O–H groups in total. The van der Waals surface area contributed by atoms with Crippen molar-refractivity contribution < 1.29 is 19.8 Å². The minimum absolute atomic E-state index is 0.0388. The predicted molar refractivity (Wildman–Crippen MR) is 98.4 cm³/mol. The number of ketones is 1. The summed E-state index contributed by atoms with van der Waals surface area (Å²) in [6.45, 7) is 6.35. The van der Waals surface area contributed by atoms with Crippen LogP contribution in [0.1, 0.15) is 72.1 Å². The highest BCUT2D eigenvalue weighted by Gasteiger charge is 2.63. The van der Waals surface area contributed by atoms with Gasteiger partial charge in [-0.05, 0) is 79.4 Å². The number of hydrogen-bond donors (Lipinski definition) is 2. The molecule has 0 heterocycles. The number of aliphatic carboxylic acids is 1. The van der Waals surface area contributed by atoms with Crippen LogP contribution in [0.4, 0.5) is 0 Å². The van der Waals surface area contributed by atoms with Crippen LogP contribution in [0.3, 0.4) is 0 Å². The monoisotopic (exact) mass is 362 g/mol. The maximum absolute atomic E-state index is 13.4. The third-order valence-corrected chi connectivity index (χ3v) is 9.39. The number of aliphatic hydroxyl groups excluding tert-OH is 1. The Morgan fingerprint density at radius 2 is 1.85 bits per heavy atom. The van der Waals surface area contributed by atoms with Gasteiger partial charge in [0.1, 0.15) is 5.78 Å². The first kappa shape index (κ1) is 18.5.